The molecule has 2 N–H and O–H groups in total. The Balaban J connectivity index is 1.91. The van der Waals surface area contributed by atoms with E-state index in [1.54, 1.807) is 6.92 Å². The van der Waals surface area contributed by atoms with Crippen LogP contribution in [0.25, 0.3) is 0 Å². The quantitative estimate of drug-likeness (QED) is 0.921. The number of carbonyl (C=O) groups is 1. The summed E-state index contributed by atoms with van der Waals surface area (Å²) in [5, 5.41) is 0. The highest BCUT2D eigenvalue weighted by molar-refractivity contribution is 9.10. The highest BCUT2D eigenvalue weighted by atomic mass is 79.9. The zero-order valence-electron chi connectivity index (χ0n) is 11.0. The summed E-state index contributed by atoms with van der Waals surface area (Å²) in [6.45, 7) is 3.98. The van der Waals surface area contributed by atoms with E-state index in [9.17, 15) is 4.79 Å². The summed E-state index contributed by atoms with van der Waals surface area (Å²) in [6, 6.07) is 7.49. The number of benzene rings is 1. The highest BCUT2D eigenvalue weighted by Crippen LogP contribution is 2.20. The molecule has 0 radical (unpaired) electrons. The Bertz CT molecular complexity index is 436. The zero-order chi connectivity index (χ0) is 13.8. The minimum atomic E-state index is -0.460. The van der Waals surface area contributed by atoms with Gasteiger partial charge in [0.25, 0.3) is 5.91 Å². The number of rotatable bonds is 4. The van der Waals surface area contributed by atoms with E-state index in [0.717, 1.165) is 24.0 Å². The summed E-state index contributed by atoms with van der Waals surface area (Å²) in [4.78, 5) is 14.1. The van der Waals surface area contributed by atoms with Crippen LogP contribution in [0.1, 0.15) is 13.3 Å². The van der Waals surface area contributed by atoms with Gasteiger partial charge in [0.05, 0.1) is 0 Å². The van der Waals surface area contributed by atoms with Crippen molar-refractivity contribution < 1.29 is 9.53 Å². The molecule has 0 aliphatic carbocycles. The lowest BCUT2D eigenvalue weighted by atomic mass is 10.1. The molecule has 0 unspecified atom stereocenters. The molecular formula is C14H19BrN2O2. The molecule has 4 nitrogen and oxygen atoms in total. The third kappa shape index (κ3) is 3.70. The summed E-state index contributed by atoms with van der Waals surface area (Å²) < 4.78 is 6.66. The lowest BCUT2D eigenvalue weighted by molar-refractivity contribution is -0.136. The van der Waals surface area contributed by atoms with Gasteiger partial charge in [0.2, 0.25) is 0 Å². The maximum atomic E-state index is 12.2. The molecule has 0 saturated carbocycles. The number of ether oxygens (including phenoxy) is 1. The van der Waals surface area contributed by atoms with Crippen LogP contribution in [0.2, 0.25) is 0 Å². The van der Waals surface area contributed by atoms with Crippen molar-refractivity contribution in [1.82, 2.24) is 4.90 Å². The van der Waals surface area contributed by atoms with Gasteiger partial charge < -0.3 is 15.4 Å². The standard InChI is InChI=1S/C14H19BrN2O2/c1-10(19-13-4-2-12(15)3-5-13)14(18)17-7-6-11(8-16)9-17/h2-5,10-11H,6-9,16H2,1H3/t10-,11-/m0/s1. The van der Waals surface area contributed by atoms with Gasteiger partial charge in [-0.25, -0.2) is 0 Å². The smallest absolute Gasteiger partial charge is 0.263 e. The summed E-state index contributed by atoms with van der Waals surface area (Å²) in [5.74, 6) is 1.18. The molecule has 1 saturated heterocycles. The second-order valence-corrected chi connectivity index (χ2v) is 5.80. The molecule has 0 spiro atoms. The number of halogens is 1. The molecule has 2 atom stereocenters. The van der Waals surface area contributed by atoms with Gasteiger partial charge in [0, 0.05) is 17.6 Å². The van der Waals surface area contributed by atoms with Crippen LogP contribution in [0.4, 0.5) is 0 Å². The van der Waals surface area contributed by atoms with Gasteiger partial charge in [-0.05, 0) is 50.1 Å². The third-order valence-electron chi connectivity index (χ3n) is 3.41. The number of hydrogen-bond donors (Lipinski definition) is 1. The lowest BCUT2D eigenvalue weighted by Crippen LogP contribution is -2.39. The van der Waals surface area contributed by atoms with Crippen LogP contribution in [-0.2, 0) is 4.79 Å². The van der Waals surface area contributed by atoms with E-state index in [2.05, 4.69) is 15.9 Å². The first-order chi connectivity index (χ1) is 9.10. The van der Waals surface area contributed by atoms with Gasteiger partial charge >= 0.3 is 0 Å². The summed E-state index contributed by atoms with van der Waals surface area (Å²) in [5.41, 5.74) is 5.64. The Morgan fingerprint density at radius 2 is 2.21 bits per heavy atom. The molecule has 1 fully saturated rings. The number of likely N-dealkylation sites (tertiary alicyclic amines) is 1. The van der Waals surface area contributed by atoms with Crippen LogP contribution in [0.3, 0.4) is 0 Å². The van der Waals surface area contributed by atoms with E-state index in [-0.39, 0.29) is 5.91 Å². The predicted octanol–water partition coefficient (Wildman–Crippen LogP) is 2.02. The molecular weight excluding hydrogens is 308 g/mol. The fraction of sp³-hybridized carbons (Fsp3) is 0.500. The molecule has 0 aromatic heterocycles. The minimum absolute atomic E-state index is 0.0406. The number of carbonyl (C=O) groups excluding carboxylic acids is 1. The van der Waals surface area contributed by atoms with Gasteiger partial charge in [0.1, 0.15) is 5.75 Å². The van der Waals surface area contributed by atoms with Gasteiger partial charge in [-0.1, -0.05) is 15.9 Å². The average Bonchev–Trinajstić information content (AvgIpc) is 2.89. The molecule has 0 bridgehead atoms. The van der Waals surface area contributed by atoms with Gasteiger partial charge in [-0.15, -0.1) is 0 Å². The van der Waals surface area contributed by atoms with Crippen molar-refractivity contribution in [2.75, 3.05) is 19.6 Å². The van der Waals surface area contributed by atoms with Crippen LogP contribution < -0.4 is 10.5 Å². The Labute approximate surface area is 122 Å². The molecule has 1 heterocycles. The van der Waals surface area contributed by atoms with Crippen LogP contribution in [0.5, 0.6) is 5.75 Å². The highest BCUT2D eigenvalue weighted by Gasteiger charge is 2.29. The van der Waals surface area contributed by atoms with Crippen LogP contribution >= 0.6 is 15.9 Å². The zero-order valence-corrected chi connectivity index (χ0v) is 12.6. The summed E-state index contributed by atoms with van der Waals surface area (Å²) in [7, 11) is 0. The Morgan fingerprint density at radius 3 is 2.79 bits per heavy atom. The maximum Gasteiger partial charge on any atom is 0.263 e. The van der Waals surface area contributed by atoms with Crippen molar-refractivity contribution >= 4 is 21.8 Å². The minimum Gasteiger partial charge on any atom is -0.481 e. The predicted molar refractivity (Wildman–Crippen MR) is 78.0 cm³/mol. The molecule has 2 rings (SSSR count). The molecule has 19 heavy (non-hydrogen) atoms. The van der Waals surface area contributed by atoms with E-state index in [1.165, 1.54) is 0 Å². The van der Waals surface area contributed by atoms with E-state index >= 15 is 0 Å². The molecule has 104 valence electrons. The van der Waals surface area contributed by atoms with Gasteiger partial charge in [-0.2, -0.15) is 0 Å². The Kier molecular flexibility index (Phi) is 4.82. The van der Waals surface area contributed by atoms with Crippen LogP contribution in [-0.4, -0.2) is 36.5 Å². The summed E-state index contributed by atoms with van der Waals surface area (Å²) >= 11 is 3.37. The summed E-state index contributed by atoms with van der Waals surface area (Å²) in [6.07, 6.45) is 0.533. The third-order valence-corrected chi connectivity index (χ3v) is 3.93. The first-order valence-electron chi connectivity index (χ1n) is 6.51. The SMILES string of the molecule is C[C@H](Oc1ccc(Br)cc1)C(=O)N1CC[C@@H](CN)C1. The normalized spacial score (nSPS) is 20.4. The molecule has 1 aromatic carbocycles. The van der Waals surface area contributed by atoms with E-state index in [0.29, 0.717) is 18.2 Å². The monoisotopic (exact) mass is 326 g/mol. The molecule has 1 aliphatic heterocycles. The number of amides is 1. The van der Waals surface area contributed by atoms with Crippen molar-refractivity contribution in [3.8, 4) is 5.75 Å². The second-order valence-electron chi connectivity index (χ2n) is 4.89. The molecule has 1 aromatic rings. The first kappa shape index (κ1) is 14.3. The fourth-order valence-electron chi connectivity index (χ4n) is 2.25. The van der Waals surface area contributed by atoms with Crippen LogP contribution in [0, 0.1) is 5.92 Å². The largest absolute Gasteiger partial charge is 0.481 e. The van der Waals surface area contributed by atoms with E-state index in [1.807, 2.05) is 29.2 Å². The number of hydrogen-bond acceptors (Lipinski definition) is 3. The maximum absolute atomic E-state index is 12.2. The number of nitrogens with two attached hydrogens (primary N) is 1. The molecule has 1 aliphatic rings. The Morgan fingerprint density at radius 1 is 1.53 bits per heavy atom. The average molecular weight is 327 g/mol. The van der Waals surface area contributed by atoms with Crippen molar-refractivity contribution in [1.29, 1.82) is 0 Å². The van der Waals surface area contributed by atoms with Crippen molar-refractivity contribution in [2.24, 2.45) is 11.7 Å². The van der Waals surface area contributed by atoms with E-state index < -0.39 is 6.10 Å². The number of nitrogens with zero attached hydrogens (tertiary/aromatic N) is 1. The Hall–Kier alpha value is -1.07. The first-order valence-corrected chi connectivity index (χ1v) is 7.30. The van der Waals surface area contributed by atoms with Gasteiger partial charge in [0.15, 0.2) is 6.10 Å². The topological polar surface area (TPSA) is 55.6 Å². The van der Waals surface area contributed by atoms with E-state index in [4.69, 9.17) is 10.5 Å². The lowest BCUT2D eigenvalue weighted by Gasteiger charge is -2.21. The molecule has 5 heteroatoms. The second kappa shape index (κ2) is 6.39. The van der Waals surface area contributed by atoms with Crippen molar-refractivity contribution in [2.45, 2.75) is 19.4 Å². The fourth-order valence-corrected chi connectivity index (χ4v) is 2.51. The van der Waals surface area contributed by atoms with Crippen LogP contribution in [0.15, 0.2) is 28.7 Å². The van der Waals surface area contributed by atoms with Crippen molar-refractivity contribution in [3.05, 3.63) is 28.7 Å². The van der Waals surface area contributed by atoms with Gasteiger partial charge in [-0.3, -0.25) is 4.79 Å². The molecule has 1 amide bonds. The van der Waals surface area contributed by atoms with Crippen molar-refractivity contribution in [3.63, 3.8) is 0 Å².